The van der Waals surface area contributed by atoms with Gasteiger partial charge in [0.1, 0.15) is 5.60 Å². The van der Waals surface area contributed by atoms with Crippen LogP contribution in [-0.4, -0.2) is 29.7 Å². The second kappa shape index (κ2) is 7.18. The minimum Gasteiger partial charge on any atom is -0.444 e. The molecule has 0 aromatic carbocycles. The van der Waals surface area contributed by atoms with Gasteiger partial charge in [-0.15, -0.1) is 0 Å². The van der Waals surface area contributed by atoms with Gasteiger partial charge in [0, 0.05) is 19.2 Å². The third kappa shape index (κ3) is 6.28. The molecule has 0 aliphatic carbocycles. The molecule has 1 rings (SSSR count). The van der Waals surface area contributed by atoms with Gasteiger partial charge in [-0.3, -0.25) is 0 Å². The van der Waals surface area contributed by atoms with Crippen LogP contribution in [0.4, 0.5) is 4.79 Å². The van der Waals surface area contributed by atoms with Gasteiger partial charge in [-0.05, 0) is 52.4 Å². The number of hydrogen-bond donors (Lipinski definition) is 0. The summed E-state index contributed by atoms with van der Waals surface area (Å²) in [6.45, 7) is 7.22. The summed E-state index contributed by atoms with van der Waals surface area (Å²) >= 11 is 0. The lowest BCUT2D eigenvalue weighted by Gasteiger charge is -2.33. The van der Waals surface area contributed by atoms with E-state index in [2.05, 4.69) is 0 Å². The summed E-state index contributed by atoms with van der Waals surface area (Å²) in [5.41, 5.74) is -0.421. The topological polar surface area (TPSA) is 53.3 Å². The van der Waals surface area contributed by atoms with Crippen LogP contribution in [0, 0.1) is 17.2 Å². The fourth-order valence-corrected chi connectivity index (χ4v) is 2.20. The van der Waals surface area contributed by atoms with Crippen molar-refractivity contribution in [3.63, 3.8) is 0 Å². The number of hydrogen-bond acceptors (Lipinski definition) is 3. The highest BCUT2D eigenvalue weighted by Crippen LogP contribution is 2.23. The Morgan fingerprint density at radius 2 is 2.05 bits per heavy atom. The number of carbonyl (C=O) groups excluding carboxylic acids is 1. The van der Waals surface area contributed by atoms with Crippen LogP contribution < -0.4 is 0 Å². The Morgan fingerprint density at radius 3 is 2.58 bits per heavy atom. The summed E-state index contributed by atoms with van der Waals surface area (Å²) in [4.78, 5) is 13.7. The van der Waals surface area contributed by atoms with E-state index in [1.807, 2.05) is 32.9 Å². The van der Waals surface area contributed by atoms with E-state index in [0.29, 0.717) is 5.92 Å². The van der Waals surface area contributed by atoms with Crippen molar-refractivity contribution >= 4 is 6.09 Å². The number of nitrogens with zero attached hydrogens (tertiary/aromatic N) is 2. The first kappa shape index (κ1) is 15.6. The van der Waals surface area contributed by atoms with Crippen molar-refractivity contribution in [1.82, 2.24) is 4.90 Å². The lowest BCUT2D eigenvalue weighted by molar-refractivity contribution is 0.0181. The molecule has 1 heterocycles. The van der Waals surface area contributed by atoms with Crippen LogP contribution in [-0.2, 0) is 4.74 Å². The number of allylic oxidation sites excluding steroid dienone is 2. The Hall–Kier alpha value is -1.50. The molecule has 0 radical (unpaired) electrons. The fraction of sp³-hybridized carbons (Fsp3) is 0.733. The standard InChI is InChI=1S/C15H24N2O2/c1-15(2,3)19-14(18)17-11-8-13(9-12-17)7-5-4-6-10-16/h4,6,13H,5,7-9,11-12H2,1-3H3/b6-4+. The van der Waals surface area contributed by atoms with Gasteiger partial charge in [0.2, 0.25) is 0 Å². The zero-order chi connectivity index (χ0) is 14.3. The Kier molecular flexibility index (Phi) is 5.88. The fourth-order valence-electron chi connectivity index (χ4n) is 2.20. The lowest BCUT2D eigenvalue weighted by atomic mass is 9.92. The molecule has 0 N–H and O–H groups in total. The molecule has 1 aliphatic rings. The summed E-state index contributed by atoms with van der Waals surface area (Å²) in [5, 5.41) is 8.40. The first-order chi connectivity index (χ1) is 8.92. The minimum atomic E-state index is -0.421. The maximum absolute atomic E-state index is 11.9. The summed E-state index contributed by atoms with van der Waals surface area (Å²) in [5.74, 6) is 0.655. The molecule has 1 amide bonds. The third-order valence-electron chi connectivity index (χ3n) is 3.20. The number of rotatable bonds is 3. The largest absolute Gasteiger partial charge is 0.444 e. The van der Waals surface area contributed by atoms with E-state index in [1.54, 1.807) is 4.90 Å². The normalized spacial score (nSPS) is 17.5. The second-order valence-corrected chi connectivity index (χ2v) is 6.02. The van der Waals surface area contributed by atoms with Crippen LogP contribution >= 0.6 is 0 Å². The van der Waals surface area contributed by atoms with E-state index in [4.69, 9.17) is 10.00 Å². The molecule has 1 saturated heterocycles. The zero-order valence-corrected chi connectivity index (χ0v) is 12.2. The van der Waals surface area contributed by atoms with Gasteiger partial charge in [0.15, 0.2) is 0 Å². The van der Waals surface area contributed by atoms with E-state index < -0.39 is 5.60 Å². The van der Waals surface area contributed by atoms with Crippen LogP contribution in [0.25, 0.3) is 0 Å². The molecule has 1 fully saturated rings. The van der Waals surface area contributed by atoms with E-state index in [-0.39, 0.29) is 6.09 Å². The quantitative estimate of drug-likeness (QED) is 0.733. The monoisotopic (exact) mass is 264 g/mol. The molecule has 0 spiro atoms. The summed E-state index contributed by atoms with van der Waals surface area (Å²) in [6.07, 6.45) is 7.36. The molecule has 4 heteroatoms. The van der Waals surface area contributed by atoms with Crippen LogP contribution in [0.15, 0.2) is 12.2 Å². The third-order valence-corrected chi connectivity index (χ3v) is 3.20. The highest BCUT2D eigenvalue weighted by Gasteiger charge is 2.26. The highest BCUT2D eigenvalue weighted by atomic mass is 16.6. The predicted molar refractivity (Wildman–Crippen MR) is 74.5 cm³/mol. The van der Waals surface area contributed by atoms with Crippen molar-refractivity contribution in [2.45, 2.75) is 52.1 Å². The number of piperidine rings is 1. The molecule has 0 unspecified atom stereocenters. The van der Waals surface area contributed by atoms with Crippen molar-refractivity contribution < 1.29 is 9.53 Å². The summed E-state index contributed by atoms with van der Waals surface area (Å²) < 4.78 is 5.37. The van der Waals surface area contributed by atoms with Crippen LogP contribution in [0.3, 0.4) is 0 Å². The maximum Gasteiger partial charge on any atom is 0.410 e. The molecule has 4 nitrogen and oxygen atoms in total. The van der Waals surface area contributed by atoms with Gasteiger partial charge in [0.25, 0.3) is 0 Å². The van der Waals surface area contributed by atoms with E-state index in [1.165, 1.54) is 6.08 Å². The number of nitriles is 1. The smallest absolute Gasteiger partial charge is 0.410 e. The number of amides is 1. The van der Waals surface area contributed by atoms with Crippen LogP contribution in [0.1, 0.15) is 46.5 Å². The second-order valence-electron chi connectivity index (χ2n) is 6.02. The van der Waals surface area contributed by atoms with Crippen molar-refractivity contribution in [1.29, 1.82) is 5.26 Å². The van der Waals surface area contributed by atoms with Crippen molar-refractivity contribution in [3.8, 4) is 6.07 Å². The first-order valence-corrected chi connectivity index (χ1v) is 6.95. The Bertz CT molecular complexity index is 355. The van der Waals surface area contributed by atoms with Crippen molar-refractivity contribution in [3.05, 3.63) is 12.2 Å². The molecular formula is C15H24N2O2. The lowest BCUT2D eigenvalue weighted by Crippen LogP contribution is -2.41. The molecule has 0 bridgehead atoms. The molecule has 0 saturated carbocycles. The van der Waals surface area contributed by atoms with Crippen molar-refractivity contribution in [2.75, 3.05) is 13.1 Å². The van der Waals surface area contributed by atoms with Gasteiger partial charge < -0.3 is 9.64 Å². The highest BCUT2D eigenvalue weighted by molar-refractivity contribution is 5.68. The molecular weight excluding hydrogens is 240 g/mol. The number of carbonyl (C=O) groups is 1. The Morgan fingerprint density at radius 1 is 1.42 bits per heavy atom. The molecule has 0 aromatic rings. The van der Waals surface area contributed by atoms with Crippen molar-refractivity contribution in [2.24, 2.45) is 5.92 Å². The van der Waals surface area contributed by atoms with E-state index in [9.17, 15) is 4.79 Å². The zero-order valence-electron chi connectivity index (χ0n) is 12.2. The molecule has 1 aliphatic heterocycles. The van der Waals surface area contributed by atoms with Gasteiger partial charge in [-0.2, -0.15) is 5.26 Å². The van der Waals surface area contributed by atoms with Gasteiger partial charge in [-0.1, -0.05) is 6.08 Å². The van der Waals surface area contributed by atoms with Gasteiger partial charge in [0.05, 0.1) is 6.07 Å². The average Bonchev–Trinajstić information content (AvgIpc) is 2.33. The molecule has 106 valence electrons. The van der Waals surface area contributed by atoms with Gasteiger partial charge >= 0.3 is 6.09 Å². The SMILES string of the molecule is CC(C)(C)OC(=O)N1CCC(CC/C=C/C#N)CC1. The molecule has 19 heavy (non-hydrogen) atoms. The minimum absolute atomic E-state index is 0.199. The summed E-state index contributed by atoms with van der Waals surface area (Å²) in [6, 6.07) is 2.00. The summed E-state index contributed by atoms with van der Waals surface area (Å²) in [7, 11) is 0. The maximum atomic E-state index is 11.9. The Balaban J connectivity index is 2.27. The number of ether oxygens (including phenoxy) is 1. The number of likely N-dealkylation sites (tertiary alicyclic amines) is 1. The predicted octanol–water partition coefficient (Wildman–Crippen LogP) is 3.49. The van der Waals surface area contributed by atoms with Crippen LogP contribution in [0.2, 0.25) is 0 Å². The molecule has 0 atom stereocenters. The Labute approximate surface area is 116 Å². The van der Waals surface area contributed by atoms with Gasteiger partial charge in [-0.25, -0.2) is 4.79 Å². The average molecular weight is 264 g/mol. The van der Waals surface area contributed by atoms with Crippen LogP contribution in [0.5, 0.6) is 0 Å². The first-order valence-electron chi connectivity index (χ1n) is 6.95. The molecule has 0 aromatic heterocycles. The van der Waals surface area contributed by atoms with E-state index in [0.717, 1.165) is 38.8 Å². The van der Waals surface area contributed by atoms with E-state index >= 15 is 0 Å².